The molecule has 0 aliphatic carbocycles. The van der Waals surface area contributed by atoms with Crippen LogP contribution in [0, 0.1) is 0 Å². The average molecular weight is 358 g/mol. The zero-order valence-corrected chi connectivity index (χ0v) is 16.1. The van der Waals surface area contributed by atoms with Crippen LogP contribution in [-0.4, -0.2) is 22.3 Å². The Morgan fingerprint density at radius 1 is 0.958 bits per heavy atom. The summed E-state index contributed by atoms with van der Waals surface area (Å²) in [6, 6.07) is 0. The fourth-order valence-electron chi connectivity index (χ4n) is 2.01. The Hall–Kier alpha value is -1.16. The molecule has 0 spiro atoms. The fourth-order valence-corrected chi connectivity index (χ4v) is 2.50. The van der Waals surface area contributed by atoms with Crippen molar-refractivity contribution < 1.29 is 23.9 Å². The summed E-state index contributed by atoms with van der Waals surface area (Å²) in [5.74, 6) is 0. The van der Waals surface area contributed by atoms with Crippen LogP contribution in [0.4, 0.5) is 4.79 Å². The van der Waals surface area contributed by atoms with E-state index in [1.54, 1.807) is 0 Å². The molecule has 0 aliphatic heterocycles. The summed E-state index contributed by atoms with van der Waals surface area (Å²) in [6.45, 7) is 8.40. The topological polar surface area (TPSA) is 83.8 Å². The minimum atomic E-state index is -4.49. The van der Waals surface area contributed by atoms with E-state index in [1.165, 1.54) is 16.7 Å². The first-order valence-electron chi connectivity index (χ1n) is 8.30. The molecule has 0 heterocycles. The Labute approximate surface area is 145 Å². The summed E-state index contributed by atoms with van der Waals surface area (Å²) in [5.41, 5.74) is 2.21. The molecule has 0 rings (SSSR count). The van der Waals surface area contributed by atoms with Crippen molar-refractivity contribution in [3.05, 3.63) is 34.9 Å². The molecule has 138 valence electrons. The molecule has 0 radical (unpaired) electrons. The van der Waals surface area contributed by atoms with Gasteiger partial charge in [-0.1, -0.05) is 34.9 Å². The van der Waals surface area contributed by atoms with Crippen LogP contribution >= 0.6 is 7.60 Å². The highest BCUT2D eigenvalue weighted by molar-refractivity contribution is 7.70. The van der Waals surface area contributed by atoms with E-state index in [0.717, 1.165) is 25.7 Å². The predicted octanol–water partition coefficient (Wildman–Crippen LogP) is 6.07. The first-order valence-corrected chi connectivity index (χ1v) is 9.88. The standard InChI is InChI=1S/C18H31O5P/c1-15(2)9-7-11-17(4)13-8-12-16(3)10-5-6-14-23-24(21,22)18(19)20/h9-10,13H,5-8,11-12,14H2,1-4H3,(H,19,20)(H,21,22)/b16-10+,17-13+. The van der Waals surface area contributed by atoms with Gasteiger partial charge in [0.05, 0.1) is 6.61 Å². The third-order valence-corrected chi connectivity index (χ3v) is 4.49. The van der Waals surface area contributed by atoms with Gasteiger partial charge in [-0.25, -0.2) is 9.36 Å². The number of hydrogen-bond donors (Lipinski definition) is 2. The molecule has 0 saturated carbocycles. The van der Waals surface area contributed by atoms with Crippen molar-refractivity contribution in [2.24, 2.45) is 0 Å². The van der Waals surface area contributed by atoms with Gasteiger partial charge in [-0.05, 0) is 66.2 Å². The Balaban J connectivity index is 3.93. The molecule has 0 saturated heterocycles. The van der Waals surface area contributed by atoms with Crippen LogP contribution in [0.25, 0.3) is 0 Å². The lowest BCUT2D eigenvalue weighted by Gasteiger charge is -2.06. The van der Waals surface area contributed by atoms with Crippen molar-refractivity contribution >= 4 is 13.3 Å². The molecule has 0 amide bonds. The van der Waals surface area contributed by atoms with Crippen LogP contribution in [0.2, 0.25) is 0 Å². The zero-order chi connectivity index (χ0) is 18.6. The third-order valence-electron chi connectivity index (χ3n) is 3.47. The van der Waals surface area contributed by atoms with Gasteiger partial charge < -0.3 is 14.5 Å². The molecule has 1 unspecified atom stereocenters. The second kappa shape index (κ2) is 12.2. The van der Waals surface area contributed by atoms with E-state index in [4.69, 9.17) is 10.00 Å². The van der Waals surface area contributed by atoms with E-state index in [0.29, 0.717) is 12.8 Å². The van der Waals surface area contributed by atoms with E-state index >= 15 is 0 Å². The molecule has 2 N–H and O–H groups in total. The van der Waals surface area contributed by atoms with Crippen LogP contribution in [0.3, 0.4) is 0 Å². The van der Waals surface area contributed by atoms with Crippen LogP contribution in [0.15, 0.2) is 34.9 Å². The first-order chi connectivity index (χ1) is 11.1. The average Bonchev–Trinajstić information content (AvgIpc) is 2.46. The normalized spacial score (nSPS) is 15.0. The molecule has 0 bridgehead atoms. The van der Waals surface area contributed by atoms with Crippen LogP contribution < -0.4 is 0 Å². The molecule has 0 aromatic rings. The second-order valence-electron chi connectivity index (χ2n) is 6.24. The van der Waals surface area contributed by atoms with Gasteiger partial charge >= 0.3 is 13.3 Å². The van der Waals surface area contributed by atoms with Gasteiger partial charge in [-0.3, -0.25) is 0 Å². The van der Waals surface area contributed by atoms with Crippen LogP contribution in [0.1, 0.15) is 66.2 Å². The fraction of sp³-hybridized carbons (Fsp3) is 0.611. The van der Waals surface area contributed by atoms with Crippen molar-refractivity contribution in [3.8, 4) is 0 Å². The summed E-state index contributed by atoms with van der Waals surface area (Å²) in [6.07, 6.45) is 12.0. The Kier molecular flexibility index (Phi) is 11.6. The molecule has 1 atom stereocenters. The summed E-state index contributed by atoms with van der Waals surface area (Å²) >= 11 is 0. The van der Waals surface area contributed by atoms with Gasteiger partial charge in [0, 0.05) is 0 Å². The Morgan fingerprint density at radius 3 is 1.96 bits per heavy atom. The van der Waals surface area contributed by atoms with Gasteiger partial charge in [0.2, 0.25) is 0 Å². The van der Waals surface area contributed by atoms with Gasteiger partial charge in [0.1, 0.15) is 0 Å². The minimum Gasteiger partial charge on any atom is -0.472 e. The summed E-state index contributed by atoms with van der Waals surface area (Å²) in [4.78, 5) is 19.4. The number of carboxylic acid groups (broad SMARTS) is 1. The van der Waals surface area contributed by atoms with Crippen molar-refractivity contribution in [1.82, 2.24) is 0 Å². The molecule has 0 aromatic carbocycles. The number of hydrogen-bond acceptors (Lipinski definition) is 3. The van der Waals surface area contributed by atoms with Gasteiger partial charge in [-0.15, -0.1) is 0 Å². The van der Waals surface area contributed by atoms with Crippen molar-refractivity contribution in [1.29, 1.82) is 0 Å². The van der Waals surface area contributed by atoms with E-state index in [2.05, 4.69) is 50.4 Å². The molecule has 5 nitrogen and oxygen atoms in total. The molecule has 6 heteroatoms. The van der Waals surface area contributed by atoms with E-state index in [1.807, 2.05) is 0 Å². The maximum Gasteiger partial charge on any atom is 0.435 e. The van der Waals surface area contributed by atoms with Crippen molar-refractivity contribution in [3.63, 3.8) is 0 Å². The maximum absolute atomic E-state index is 11.0. The quantitative estimate of drug-likeness (QED) is 0.251. The number of carbonyl (C=O) groups is 1. The maximum atomic E-state index is 11.0. The summed E-state index contributed by atoms with van der Waals surface area (Å²) in [5, 5.41) is 8.45. The molecular formula is C18H31O5P. The lowest BCUT2D eigenvalue weighted by molar-refractivity contribution is 0.195. The lowest BCUT2D eigenvalue weighted by Crippen LogP contribution is -2.00. The first kappa shape index (κ1) is 22.8. The molecule has 0 aliphatic rings. The van der Waals surface area contributed by atoms with E-state index in [-0.39, 0.29) is 6.61 Å². The molecular weight excluding hydrogens is 327 g/mol. The smallest absolute Gasteiger partial charge is 0.435 e. The second-order valence-corrected chi connectivity index (χ2v) is 7.92. The highest BCUT2D eigenvalue weighted by atomic mass is 31.2. The van der Waals surface area contributed by atoms with Crippen molar-refractivity contribution in [2.75, 3.05) is 6.61 Å². The highest BCUT2D eigenvalue weighted by Crippen LogP contribution is 2.42. The van der Waals surface area contributed by atoms with Crippen molar-refractivity contribution in [2.45, 2.75) is 66.2 Å². The number of unbranched alkanes of at least 4 members (excludes halogenated alkanes) is 1. The zero-order valence-electron chi connectivity index (χ0n) is 15.2. The van der Waals surface area contributed by atoms with E-state index in [9.17, 15) is 9.36 Å². The molecule has 0 aromatic heterocycles. The third kappa shape index (κ3) is 12.3. The van der Waals surface area contributed by atoms with E-state index < -0.39 is 13.3 Å². The van der Waals surface area contributed by atoms with Crippen LogP contribution in [-0.2, 0) is 9.09 Å². The number of allylic oxidation sites excluding steroid dienone is 6. The summed E-state index contributed by atoms with van der Waals surface area (Å²) < 4.78 is 15.5. The summed E-state index contributed by atoms with van der Waals surface area (Å²) in [7, 11) is -4.49. The molecule has 24 heavy (non-hydrogen) atoms. The van der Waals surface area contributed by atoms with Gasteiger partial charge in [0.25, 0.3) is 0 Å². The SMILES string of the molecule is CC(C)=CCC/C(C)=C/CC/C(C)=C/CCCOP(=O)(O)C(=O)O. The largest absolute Gasteiger partial charge is 0.472 e. The van der Waals surface area contributed by atoms with Gasteiger partial charge in [-0.2, -0.15) is 0 Å². The van der Waals surface area contributed by atoms with Gasteiger partial charge in [0.15, 0.2) is 0 Å². The van der Waals surface area contributed by atoms with Crippen LogP contribution in [0.5, 0.6) is 0 Å². The number of rotatable bonds is 12. The Morgan fingerprint density at radius 2 is 1.46 bits per heavy atom. The predicted molar refractivity (Wildman–Crippen MR) is 98.4 cm³/mol. The lowest BCUT2D eigenvalue weighted by atomic mass is 10.1. The molecule has 0 fully saturated rings. The monoisotopic (exact) mass is 358 g/mol. The minimum absolute atomic E-state index is 0.0345. The highest BCUT2D eigenvalue weighted by Gasteiger charge is 2.29. The Bertz CT molecular complexity index is 528.